The largest absolute Gasteiger partial charge is 0.481 e. The number of aliphatic carboxylic acids is 1. The fourth-order valence-corrected chi connectivity index (χ4v) is 2.36. The fraction of sp³-hybridized carbons (Fsp3) is 0.400. The normalized spacial score (nSPS) is 18.4. The molecular formula is C15H18N2O4. The molecule has 21 heavy (non-hydrogen) atoms. The molecule has 1 aromatic carbocycles. The van der Waals surface area contributed by atoms with Gasteiger partial charge in [-0.2, -0.15) is 0 Å². The van der Waals surface area contributed by atoms with Crippen molar-refractivity contribution in [3.05, 3.63) is 29.8 Å². The number of carbonyl (C=O) groups is 3. The minimum absolute atomic E-state index is 0.0415. The van der Waals surface area contributed by atoms with Gasteiger partial charge in [0.1, 0.15) is 0 Å². The van der Waals surface area contributed by atoms with Crippen LogP contribution in [0.3, 0.4) is 0 Å². The van der Waals surface area contributed by atoms with E-state index in [-0.39, 0.29) is 30.6 Å². The third-order valence-electron chi connectivity index (χ3n) is 3.65. The number of anilines is 1. The van der Waals surface area contributed by atoms with Crippen LogP contribution < -0.4 is 5.32 Å². The summed E-state index contributed by atoms with van der Waals surface area (Å²) in [5.74, 6) is -1.58. The third kappa shape index (κ3) is 3.81. The molecule has 0 spiro atoms. The van der Waals surface area contributed by atoms with Crippen molar-refractivity contribution in [2.45, 2.75) is 19.3 Å². The van der Waals surface area contributed by atoms with Gasteiger partial charge in [0.15, 0.2) is 0 Å². The Labute approximate surface area is 122 Å². The highest BCUT2D eigenvalue weighted by molar-refractivity contribution is 5.96. The molecular weight excluding hydrogens is 272 g/mol. The summed E-state index contributed by atoms with van der Waals surface area (Å²) in [6, 6.07) is 6.81. The molecule has 0 aliphatic carbocycles. The Hall–Kier alpha value is -2.37. The molecule has 6 heteroatoms. The minimum atomic E-state index is -0.953. The number of likely N-dealkylation sites (tertiary alicyclic amines) is 1. The number of hydrogen-bond donors (Lipinski definition) is 2. The molecule has 1 saturated heterocycles. The van der Waals surface area contributed by atoms with Gasteiger partial charge in [-0.1, -0.05) is 18.2 Å². The second kappa shape index (κ2) is 6.39. The molecule has 2 rings (SSSR count). The first-order valence-electron chi connectivity index (χ1n) is 6.82. The molecule has 0 saturated carbocycles. The van der Waals surface area contributed by atoms with E-state index in [1.807, 2.05) is 0 Å². The highest BCUT2D eigenvalue weighted by Crippen LogP contribution is 2.21. The number of piperidine rings is 1. The summed E-state index contributed by atoms with van der Waals surface area (Å²) in [6.07, 6.45) is 0.668. The smallest absolute Gasteiger partial charge is 0.307 e. The molecule has 1 aliphatic heterocycles. The van der Waals surface area contributed by atoms with Gasteiger partial charge < -0.3 is 15.3 Å². The maximum Gasteiger partial charge on any atom is 0.307 e. The molecule has 0 bridgehead atoms. The van der Waals surface area contributed by atoms with Gasteiger partial charge in [0, 0.05) is 31.6 Å². The number of benzene rings is 1. The summed E-state index contributed by atoms with van der Waals surface area (Å²) in [5, 5.41) is 11.6. The zero-order chi connectivity index (χ0) is 15.4. The van der Waals surface area contributed by atoms with E-state index in [9.17, 15) is 14.4 Å². The average Bonchev–Trinajstić information content (AvgIpc) is 2.43. The molecule has 6 nitrogen and oxygen atoms in total. The molecule has 2 N–H and O–H groups in total. The topological polar surface area (TPSA) is 86.7 Å². The van der Waals surface area contributed by atoms with E-state index in [2.05, 4.69) is 5.32 Å². The SMILES string of the molecule is CN1CCC(C(=O)Nc2ccccc2CC(=O)O)CC1=O. The number of hydrogen-bond acceptors (Lipinski definition) is 3. The molecule has 1 heterocycles. The van der Waals surface area contributed by atoms with Crippen LogP contribution in [0.4, 0.5) is 5.69 Å². The summed E-state index contributed by atoms with van der Waals surface area (Å²) in [7, 11) is 1.72. The van der Waals surface area contributed by atoms with Crippen molar-refractivity contribution in [2.75, 3.05) is 18.9 Å². The Morgan fingerprint density at radius 3 is 2.76 bits per heavy atom. The van der Waals surface area contributed by atoms with Gasteiger partial charge in [0.25, 0.3) is 0 Å². The highest BCUT2D eigenvalue weighted by atomic mass is 16.4. The third-order valence-corrected chi connectivity index (χ3v) is 3.65. The fourth-order valence-electron chi connectivity index (χ4n) is 2.36. The lowest BCUT2D eigenvalue weighted by atomic mass is 9.95. The van der Waals surface area contributed by atoms with Crippen LogP contribution in [0.25, 0.3) is 0 Å². The lowest BCUT2D eigenvalue weighted by molar-refractivity contribution is -0.137. The summed E-state index contributed by atoms with van der Waals surface area (Å²) < 4.78 is 0. The van der Waals surface area contributed by atoms with Gasteiger partial charge in [0.05, 0.1) is 6.42 Å². The van der Waals surface area contributed by atoms with Crippen molar-refractivity contribution >= 4 is 23.5 Å². The summed E-state index contributed by atoms with van der Waals surface area (Å²) in [4.78, 5) is 36.3. The van der Waals surface area contributed by atoms with Gasteiger partial charge in [0.2, 0.25) is 11.8 Å². The van der Waals surface area contributed by atoms with E-state index in [1.165, 1.54) is 0 Å². The number of nitrogens with one attached hydrogen (secondary N) is 1. The Balaban J connectivity index is 2.06. The lowest BCUT2D eigenvalue weighted by Crippen LogP contribution is -2.40. The maximum atomic E-state index is 12.2. The number of carboxylic acid groups (broad SMARTS) is 1. The molecule has 1 aromatic rings. The van der Waals surface area contributed by atoms with Gasteiger partial charge in [-0.3, -0.25) is 14.4 Å². The van der Waals surface area contributed by atoms with E-state index in [0.29, 0.717) is 24.2 Å². The van der Waals surface area contributed by atoms with Crippen LogP contribution in [-0.4, -0.2) is 41.4 Å². The predicted octanol–water partition coefficient (Wildman–Crippen LogP) is 1.12. The van der Waals surface area contributed by atoms with Gasteiger partial charge in [-0.05, 0) is 18.1 Å². The number of amides is 2. The summed E-state index contributed by atoms with van der Waals surface area (Å²) in [6.45, 7) is 0.563. The number of carboxylic acids is 1. The minimum Gasteiger partial charge on any atom is -0.481 e. The second-order valence-corrected chi connectivity index (χ2v) is 5.22. The molecule has 1 atom stereocenters. The van der Waals surface area contributed by atoms with E-state index < -0.39 is 5.97 Å². The van der Waals surface area contributed by atoms with Crippen molar-refractivity contribution in [2.24, 2.45) is 5.92 Å². The molecule has 112 valence electrons. The molecule has 2 amide bonds. The number of carbonyl (C=O) groups excluding carboxylic acids is 2. The quantitative estimate of drug-likeness (QED) is 0.870. The molecule has 0 aromatic heterocycles. The summed E-state index contributed by atoms with van der Waals surface area (Å²) >= 11 is 0. The van der Waals surface area contributed by atoms with Crippen LogP contribution in [0.2, 0.25) is 0 Å². The van der Waals surface area contributed by atoms with Gasteiger partial charge >= 0.3 is 5.97 Å². The molecule has 1 unspecified atom stereocenters. The molecule has 1 fully saturated rings. The first kappa shape index (κ1) is 15.0. The molecule has 1 aliphatic rings. The lowest BCUT2D eigenvalue weighted by Gasteiger charge is -2.28. The van der Waals surface area contributed by atoms with Crippen LogP contribution >= 0.6 is 0 Å². The zero-order valence-corrected chi connectivity index (χ0v) is 11.8. The highest BCUT2D eigenvalue weighted by Gasteiger charge is 2.28. The van der Waals surface area contributed by atoms with Gasteiger partial charge in [-0.15, -0.1) is 0 Å². The van der Waals surface area contributed by atoms with E-state index in [0.717, 1.165) is 0 Å². The van der Waals surface area contributed by atoms with Gasteiger partial charge in [-0.25, -0.2) is 0 Å². The first-order valence-corrected chi connectivity index (χ1v) is 6.82. The van der Waals surface area contributed by atoms with E-state index in [1.54, 1.807) is 36.2 Å². The monoisotopic (exact) mass is 290 g/mol. The predicted molar refractivity (Wildman–Crippen MR) is 76.8 cm³/mol. The van der Waals surface area contributed by atoms with Crippen LogP contribution in [0.1, 0.15) is 18.4 Å². The van der Waals surface area contributed by atoms with Crippen LogP contribution in [0, 0.1) is 5.92 Å². The zero-order valence-electron chi connectivity index (χ0n) is 11.8. The Morgan fingerprint density at radius 1 is 1.38 bits per heavy atom. The van der Waals surface area contributed by atoms with Crippen LogP contribution in [-0.2, 0) is 20.8 Å². The Kier molecular flexibility index (Phi) is 4.57. The maximum absolute atomic E-state index is 12.2. The molecule has 0 radical (unpaired) electrons. The van der Waals surface area contributed by atoms with Crippen molar-refractivity contribution in [1.29, 1.82) is 0 Å². The van der Waals surface area contributed by atoms with Crippen LogP contribution in [0.5, 0.6) is 0 Å². The number of nitrogens with zero attached hydrogens (tertiary/aromatic N) is 1. The van der Waals surface area contributed by atoms with Crippen molar-refractivity contribution < 1.29 is 19.5 Å². The Morgan fingerprint density at radius 2 is 2.10 bits per heavy atom. The first-order chi connectivity index (χ1) is 9.97. The Bertz CT molecular complexity index is 571. The van der Waals surface area contributed by atoms with Crippen molar-refractivity contribution in [3.8, 4) is 0 Å². The van der Waals surface area contributed by atoms with Crippen molar-refractivity contribution in [3.63, 3.8) is 0 Å². The van der Waals surface area contributed by atoms with E-state index in [4.69, 9.17) is 5.11 Å². The van der Waals surface area contributed by atoms with E-state index >= 15 is 0 Å². The average molecular weight is 290 g/mol. The second-order valence-electron chi connectivity index (χ2n) is 5.22. The number of rotatable bonds is 4. The van der Waals surface area contributed by atoms with Crippen LogP contribution in [0.15, 0.2) is 24.3 Å². The summed E-state index contributed by atoms with van der Waals surface area (Å²) in [5.41, 5.74) is 1.05. The standard InChI is InChI=1S/C15H18N2O4/c1-17-7-6-11(8-13(17)18)15(21)16-12-5-3-2-4-10(12)9-14(19)20/h2-5,11H,6-9H2,1H3,(H,16,21)(H,19,20). The van der Waals surface area contributed by atoms with Crippen molar-refractivity contribution in [1.82, 2.24) is 4.90 Å². The number of para-hydroxylation sites is 1.